The number of ether oxygens (including phenoxy) is 2. The minimum Gasteiger partial charge on any atom is -0.449 e. The van der Waals surface area contributed by atoms with Gasteiger partial charge < -0.3 is 24.6 Å². The van der Waals surface area contributed by atoms with Crippen molar-refractivity contribution in [1.82, 2.24) is 20.1 Å². The molecule has 0 bridgehead atoms. The molecule has 1 fully saturated rings. The zero-order valence-corrected chi connectivity index (χ0v) is 21.0. The lowest BCUT2D eigenvalue weighted by molar-refractivity contribution is -0.131. The lowest BCUT2D eigenvalue weighted by Gasteiger charge is -2.34. The van der Waals surface area contributed by atoms with E-state index in [2.05, 4.69) is 10.3 Å². The molecule has 0 aliphatic carbocycles. The van der Waals surface area contributed by atoms with E-state index in [-0.39, 0.29) is 24.2 Å². The molecule has 0 saturated carbocycles. The number of thiazole rings is 1. The third-order valence-corrected chi connectivity index (χ3v) is 6.51. The Morgan fingerprint density at radius 1 is 1.11 bits per heavy atom. The minimum atomic E-state index is -0.410. The summed E-state index contributed by atoms with van der Waals surface area (Å²) in [6, 6.07) is 9.63. The van der Waals surface area contributed by atoms with Gasteiger partial charge in [0.1, 0.15) is 10.7 Å². The number of hydrogen-bond acceptors (Lipinski definition) is 7. The van der Waals surface area contributed by atoms with Gasteiger partial charge in [0.15, 0.2) is 0 Å². The van der Waals surface area contributed by atoms with Crippen molar-refractivity contribution in [3.05, 3.63) is 47.0 Å². The van der Waals surface area contributed by atoms with E-state index in [0.717, 1.165) is 23.4 Å². The first kappa shape index (κ1) is 26.4. The Morgan fingerprint density at radius 3 is 2.51 bits per heavy atom. The van der Waals surface area contributed by atoms with Crippen LogP contribution in [0.25, 0.3) is 16.6 Å². The number of hydrogen-bond donors (Lipinski definition) is 1. The molecule has 35 heavy (non-hydrogen) atoms. The summed E-state index contributed by atoms with van der Waals surface area (Å²) in [7, 11) is 1.60. The van der Waals surface area contributed by atoms with Gasteiger partial charge in [-0.05, 0) is 12.5 Å². The quantitative estimate of drug-likeness (QED) is 0.503. The summed E-state index contributed by atoms with van der Waals surface area (Å²) in [6.45, 7) is 4.33. The molecule has 1 N–H and O–H groups in total. The number of carbonyl (C=O) groups is 3. The van der Waals surface area contributed by atoms with Crippen molar-refractivity contribution < 1.29 is 23.9 Å². The number of amides is 3. The molecule has 1 aromatic carbocycles. The fraction of sp³-hybridized carbons (Fsp3) is 0.440. The first-order valence-electron chi connectivity index (χ1n) is 11.7. The highest BCUT2D eigenvalue weighted by atomic mass is 32.1. The number of methoxy groups -OCH3 is 1. The second kappa shape index (κ2) is 13.6. The van der Waals surface area contributed by atoms with Crippen LogP contribution in [0.3, 0.4) is 0 Å². The summed E-state index contributed by atoms with van der Waals surface area (Å²) in [4.78, 5) is 46.2. The van der Waals surface area contributed by atoms with E-state index in [1.54, 1.807) is 16.9 Å². The predicted molar refractivity (Wildman–Crippen MR) is 135 cm³/mol. The predicted octanol–water partition coefficient (Wildman–Crippen LogP) is 3.28. The Morgan fingerprint density at radius 2 is 1.83 bits per heavy atom. The normalized spacial score (nSPS) is 13.8. The van der Waals surface area contributed by atoms with E-state index in [1.165, 1.54) is 11.3 Å². The van der Waals surface area contributed by atoms with Gasteiger partial charge in [-0.3, -0.25) is 9.59 Å². The van der Waals surface area contributed by atoms with Gasteiger partial charge in [0, 0.05) is 38.9 Å². The molecule has 10 heteroatoms. The van der Waals surface area contributed by atoms with Crippen LogP contribution < -0.4 is 5.32 Å². The van der Waals surface area contributed by atoms with E-state index < -0.39 is 5.91 Å². The van der Waals surface area contributed by atoms with Crippen LogP contribution >= 0.6 is 11.3 Å². The number of aromatic nitrogens is 1. The molecule has 3 rings (SSSR count). The van der Waals surface area contributed by atoms with Gasteiger partial charge in [-0.15, -0.1) is 11.3 Å². The van der Waals surface area contributed by atoms with Crippen LogP contribution in [0.1, 0.15) is 35.1 Å². The molecule has 2 aromatic rings. The fourth-order valence-corrected chi connectivity index (χ4v) is 4.45. The molecule has 1 saturated heterocycles. The molecule has 188 valence electrons. The molecule has 1 aliphatic rings. The Hall–Kier alpha value is -3.24. The zero-order chi connectivity index (χ0) is 25.0. The Balaban J connectivity index is 1.56. The summed E-state index contributed by atoms with van der Waals surface area (Å²) in [5, 5.41) is 3.43. The molecule has 1 aromatic heterocycles. The molecule has 1 aliphatic heterocycles. The lowest BCUT2D eigenvalue weighted by atomic mass is 10.2. The summed E-state index contributed by atoms with van der Waals surface area (Å²) in [5.41, 5.74) is 1.19. The van der Waals surface area contributed by atoms with E-state index in [1.807, 2.05) is 49.4 Å². The Bertz CT molecular complexity index is 1020. The number of rotatable bonds is 10. The molecular weight excluding hydrogens is 468 g/mol. The Labute approximate surface area is 209 Å². The fourth-order valence-electron chi connectivity index (χ4n) is 3.45. The SMILES string of the molecule is CCCCOC(=O)N1CCN(C(=O)CNC(=O)c2nc(-c3ccccc3)sc2/C=C/COC)CC1. The van der Waals surface area contributed by atoms with Crippen LogP contribution in [0.4, 0.5) is 4.79 Å². The summed E-state index contributed by atoms with van der Waals surface area (Å²) >= 11 is 1.40. The first-order valence-corrected chi connectivity index (χ1v) is 12.5. The lowest BCUT2D eigenvalue weighted by Crippen LogP contribution is -2.52. The number of piperazine rings is 1. The second-order valence-corrected chi connectivity index (χ2v) is 9.00. The maximum atomic E-state index is 12.9. The highest BCUT2D eigenvalue weighted by molar-refractivity contribution is 7.16. The standard InChI is InChI=1S/C25H32N4O5S/c1-3-4-17-34-25(32)29-14-12-28(13-15-29)21(30)18-26-23(31)22-20(11-8-16-33-2)35-24(27-22)19-9-6-5-7-10-19/h5-11H,3-4,12-18H2,1-2H3,(H,26,31)/b11-8+. The van der Waals surface area contributed by atoms with Crippen molar-refractivity contribution in [3.63, 3.8) is 0 Å². The molecule has 3 amide bonds. The van der Waals surface area contributed by atoms with Gasteiger partial charge in [0.2, 0.25) is 5.91 Å². The highest BCUT2D eigenvalue weighted by Gasteiger charge is 2.26. The molecule has 0 unspecified atom stereocenters. The zero-order valence-electron chi connectivity index (χ0n) is 20.2. The van der Waals surface area contributed by atoms with Gasteiger partial charge in [0.25, 0.3) is 5.91 Å². The van der Waals surface area contributed by atoms with E-state index in [9.17, 15) is 14.4 Å². The molecule has 0 radical (unpaired) electrons. The van der Waals surface area contributed by atoms with Crippen LogP contribution in [-0.2, 0) is 14.3 Å². The van der Waals surface area contributed by atoms with Gasteiger partial charge in [-0.1, -0.05) is 49.8 Å². The van der Waals surface area contributed by atoms with Gasteiger partial charge in [-0.2, -0.15) is 0 Å². The van der Waals surface area contributed by atoms with Crippen molar-refractivity contribution in [2.45, 2.75) is 19.8 Å². The average Bonchev–Trinajstić information content (AvgIpc) is 3.32. The minimum absolute atomic E-state index is 0.140. The Kier molecular flexibility index (Phi) is 10.2. The van der Waals surface area contributed by atoms with E-state index >= 15 is 0 Å². The third-order valence-electron chi connectivity index (χ3n) is 5.44. The number of benzene rings is 1. The van der Waals surface area contributed by atoms with Crippen LogP contribution in [0.5, 0.6) is 0 Å². The highest BCUT2D eigenvalue weighted by Crippen LogP contribution is 2.29. The molecule has 0 spiro atoms. The number of unbranched alkanes of at least 4 members (excludes halogenated alkanes) is 1. The van der Waals surface area contributed by atoms with Crippen molar-refractivity contribution >= 4 is 35.3 Å². The topological polar surface area (TPSA) is 101 Å². The van der Waals surface area contributed by atoms with Crippen molar-refractivity contribution in [2.24, 2.45) is 0 Å². The maximum Gasteiger partial charge on any atom is 0.409 e. The number of nitrogens with one attached hydrogen (secondary N) is 1. The second-order valence-electron chi connectivity index (χ2n) is 7.97. The largest absolute Gasteiger partial charge is 0.449 e. The van der Waals surface area contributed by atoms with Crippen molar-refractivity contribution in [3.8, 4) is 10.6 Å². The molecule has 0 atom stereocenters. The van der Waals surface area contributed by atoms with Gasteiger partial charge in [0.05, 0.1) is 24.6 Å². The van der Waals surface area contributed by atoms with Gasteiger partial charge >= 0.3 is 6.09 Å². The van der Waals surface area contributed by atoms with Crippen LogP contribution in [0.2, 0.25) is 0 Å². The van der Waals surface area contributed by atoms with Crippen molar-refractivity contribution in [1.29, 1.82) is 0 Å². The monoisotopic (exact) mass is 500 g/mol. The molecule has 2 heterocycles. The first-order chi connectivity index (χ1) is 17.0. The molecule has 9 nitrogen and oxygen atoms in total. The third kappa shape index (κ3) is 7.63. The van der Waals surface area contributed by atoms with Crippen LogP contribution in [0, 0.1) is 0 Å². The van der Waals surface area contributed by atoms with Gasteiger partial charge in [-0.25, -0.2) is 9.78 Å². The van der Waals surface area contributed by atoms with E-state index in [0.29, 0.717) is 44.3 Å². The van der Waals surface area contributed by atoms with Crippen LogP contribution in [0.15, 0.2) is 36.4 Å². The summed E-state index contributed by atoms with van der Waals surface area (Å²) in [6.07, 6.45) is 5.08. The average molecular weight is 501 g/mol. The molecular formula is C25H32N4O5S. The maximum absolute atomic E-state index is 12.9. The van der Waals surface area contributed by atoms with Crippen LogP contribution in [-0.4, -0.2) is 85.7 Å². The number of carbonyl (C=O) groups excluding carboxylic acids is 3. The summed E-state index contributed by atoms with van der Waals surface area (Å²) < 4.78 is 10.3. The van der Waals surface area contributed by atoms with Crippen molar-refractivity contribution in [2.75, 3.05) is 53.0 Å². The summed E-state index contributed by atoms with van der Waals surface area (Å²) in [5.74, 6) is -0.612. The number of nitrogens with zero attached hydrogens (tertiary/aromatic N) is 3. The van der Waals surface area contributed by atoms with E-state index in [4.69, 9.17) is 9.47 Å². The smallest absolute Gasteiger partial charge is 0.409 e.